The summed E-state index contributed by atoms with van der Waals surface area (Å²) in [6.45, 7) is 16.2. The van der Waals surface area contributed by atoms with Crippen molar-refractivity contribution in [1.82, 2.24) is 0 Å². The summed E-state index contributed by atoms with van der Waals surface area (Å²) >= 11 is 0. The average molecular weight is 381 g/mol. The van der Waals surface area contributed by atoms with Crippen LogP contribution in [0.5, 0.6) is 0 Å². The molecule has 0 aromatic rings. The standard InChI is InChI=1S/C22H40O3Si/c1-20(2,3)26(6,7)25-19-11-9-16-15-8-10-18(24)22(5,14-23)17(15)12-13-21(16,19)4/h15-17,19,23H,8-14H2,1-7H3/t15-,16-,17-,19-,21-,22+/m0/s1. The number of ketones is 1. The lowest BCUT2D eigenvalue weighted by Gasteiger charge is -2.56. The van der Waals surface area contributed by atoms with E-state index in [4.69, 9.17) is 4.43 Å². The monoisotopic (exact) mass is 380 g/mol. The predicted octanol–water partition coefficient (Wildman–Crippen LogP) is 5.18. The van der Waals surface area contributed by atoms with Crippen LogP contribution in [0.3, 0.4) is 0 Å². The fraction of sp³-hybridized carbons (Fsp3) is 0.955. The molecular weight excluding hydrogens is 340 g/mol. The summed E-state index contributed by atoms with van der Waals surface area (Å²) in [6, 6.07) is 0. The lowest BCUT2D eigenvalue weighted by Crippen LogP contribution is -2.55. The van der Waals surface area contributed by atoms with Crippen LogP contribution in [0.15, 0.2) is 0 Å². The summed E-state index contributed by atoms with van der Waals surface area (Å²) in [4.78, 5) is 12.6. The molecule has 1 N–H and O–H groups in total. The van der Waals surface area contributed by atoms with Gasteiger partial charge < -0.3 is 9.53 Å². The van der Waals surface area contributed by atoms with Gasteiger partial charge in [0.25, 0.3) is 0 Å². The lowest BCUT2D eigenvalue weighted by molar-refractivity contribution is -0.150. The maximum Gasteiger partial charge on any atom is 0.192 e. The average Bonchev–Trinajstić information content (AvgIpc) is 2.86. The van der Waals surface area contributed by atoms with Gasteiger partial charge in [-0.25, -0.2) is 0 Å². The van der Waals surface area contributed by atoms with Crippen molar-refractivity contribution in [2.45, 2.75) is 97.4 Å². The molecule has 26 heavy (non-hydrogen) atoms. The Labute approximate surface area is 161 Å². The molecular formula is C22H40O3Si. The molecule has 3 fully saturated rings. The molecule has 3 aliphatic rings. The second kappa shape index (κ2) is 6.42. The Morgan fingerprint density at radius 1 is 1.12 bits per heavy atom. The molecule has 0 saturated heterocycles. The van der Waals surface area contributed by atoms with Crippen LogP contribution in [-0.4, -0.2) is 31.9 Å². The van der Waals surface area contributed by atoms with Gasteiger partial charge in [-0.05, 0) is 73.4 Å². The van der Waals surface area contributed by atoms with Crippen LogP contribution in [0.4, 0.5) is 0 Å². The quantitative estimate of drug-likeness (QED) is 0.686. The summed E-state index contributed by atoms with van der Waals surface area (Å²) in [5.41, 5.74) is -0.268. The van der Waals surface area contributed by atoms with E-state index >= 15 is 0 Å². The van der Waals surface area contributed by atoms with Crippen molar-refractivity contribution in [3.63, 3.8) is 0 Å². The first-order valence-corrected chi connectivity index (χ1v) is 13.6. The predicted molar refractivity (Wildman–Crippen MR) is 109 cm³/mol. The Bertz CT molecular complexity index is 566. The third-order valence-corrected chi connectivity index (χ3v) is 13.6. The number of fused-ring (bicyclic) bond motifs is 3. The van der Waals surface area contributed by atoms with Gasteiger partial charge in [0, 0.05) is 6.42 Å². The van der Waals surface area contributed by atoms with E-state index in [-0.39, 0.29) is 22.8 Å². The van der Waals surface area contributed by atoms with Gasteiger partial charge >= 0.3 is 0 Å². The Morgan fingerprint density at radius 2 is 1.77 bits per heavy atom. The first-order chi connectivity index (χ1) is 11.9. The van der Waals surface area contributed by atoms with Crippen molar-refractivity contribution in [1.29, 1.82) is 0 Å². The molecule has 6 atom stereocenters. The van der Waals surface area contributed by atoms with E-state index in [0.29, 0.717) is 30.3 Å². The molecule has 150 valence electrons. The van der Waals surface area contributed by atoms with Gasteiger partial charge in [0.1, 0.15) is 5.78 Å². The lowest BCUT2D eigenvalue weighted by atomic mass is 9.50. The largest absolute Gasteiger partial charge is 0.413 e. The number of aliphatic hydroxyl groups excluding tert-OH is 1. The minimum Gasteiger partial charge on any atom is -0.413 e. The molecule has 3 nitrogen and oxygen atoms in total. The van der Waals surface area contributed by atoms with Crippen molar-refractivity contribution in [2.24, 2.45) is 28.6 Å². The number of carbonyl (C=O) groups is 1. The topological polar surface area (TPSA) is 46.5 Å². The molecule has 0 radical (unpaired) electrons. The molecule has 3 aliphatic carbocycles. The minimum absolute atomic E-state index is 0.0142. The van der Waals surface area contributed by atoms with Crippen LogP contribution < -0.4 is 0 Å². The Morgan fingerprint density at radius 3 is 2.35 bits per heavy atom. The summed E-state index contributed by atoms with van der Waals surface area (Å²) < 4.78 is 6.94. The maximum atomic E-state index is 12.6. The zero-order chi connectivity index (χ0) is 19.5. The molecule has 0 unspecified atom stereocenters. The smallest absolute Gasteiger partial charge is 0.192 e. The van der Waals surface area contributed by atoms with Crippen LogP contribution in [0.25, 0.3) is 0 Å². The van der Waals surface area contributed by atoms with E-state index in [1.807, 2.05) is 6.92 Å². The molecule has 0 heterocycles. The zero-order valence-corrected chi connectivity index (χ0v) is 19.0. The Hall–Kier alpha value is -0.193. The van der Waals surface area contributed by atoms with E-state index in [1.54, 1.807) is 0 Å². The second-order valence-corrected chi connectivity index (χ2v) is 16.2. The summed E-state index contributed by atoms with van der Waals surface area (Å²) in [6.07, 6.45) is 6.64. The summed E-state index contributed by atoms with van der Waals surface area (Å²) in [7, 11) is -1.78. The van der Waals surface area contributed by atoms with Crippen molar-refractivity contribution in [2.75, 3.05) is 6.61 Å². The van der Waals surface area contributed by atoms with Crippen molar-refractivity contribution in [3.05, 3.63) is 0 Å². The first kappa shape index (κ1) is 20.5. The number of rotatable bonds is 3. The fourth-order valence-corrected chi connectivity index (χ4v) is 7.61. The van der Waals surface area contributed by atoms with Crippen molar-refractivity contribution in [3.8, 4) is 0 Å². The van der Waals surface area contributed by atoms with Crippen LogP contribution in [0.1, 0.15) is 73.1 Å². The van der Waals surface area contributed by atoms with Gasteiger partial charge in [0.05, 0.1) is 18.1 Å². The number of aliphatic hydroxyl groups is 1. The molecule has 0 amide bonds. The molecule has 0 aromatic heterocycles. The number of Topliss-reactive ketones (excluding diaryl/α,β-unsaturated/α-hetero) is 1. The van der Waals surface area contributed by atoms with Gasteiger partial charge in [-0.2, -0.15) is 0 Å². The van der Waals surface area contributed by atoms with Gasteiger partial charge in [-0.1, -0.05) is 34.6 Å². The first-order valence-electron chi connectivity index (χ1n) is 10.7. The third-order valence-electron chi connectivity index (χ3n) is 9.08. The highest BCUT2D eigenvalue weighted by Crippen LogP contribution is 2.63. The van der Waals surface area contributed by atoms with Crippen LogP contribution in [0.2, 0.25) is 18.1 Å². The van der Waals surface area contributed by atoms with Crippen LogP contribution in [-0.2, 0) is 9.22 Å². The number of hydrogen-bond acceptors (Lipinski definition) is 3. The SMILES string of the molecule is CC(C)(C)[Si](C)(C)O[C@H]1CC[C@H]2[C@@H]3CCC(=O)[C@](C)(CO)[C@H]3CC[C@]12C. The van der Waals surface area contributed by atoms with Gasteiger partial charge in [0.2, 0.25) is 0 Å². The van der Waals surface area contributed by atoms with Gasteiger partial charge in [-0.3, -0.25) is 4.79 Å². The summed E-state index contributed by atoms with van der Waals surface area (Å²) in [5, 5.41) is 10.3. The normalized spacial score (nSPS) is 43.9. The van der Waals surface area contributed by atoms with E-state index < -0.39 is 13.7 Å². The molecule has 0 aromatic carbocycles. The van der Waals surface area contributed by atoms with E-state index in [0.717, 1.165) is 19.3 Å². The van der Waals surface area contributed by atoms with E-state index in [9.17, 15) is 9.90 Å². The second-order valence-electron chi connectivity index (χ2n) is 11.4. The molecule has 4 heteroatoms. The molecule has 0 spiro atoms. The molecule has 3 rings (SSSR count). The molecule has 0 bridgehead atoms. The van der Waals surface area contributed by atoms with Crippen LogP contribution in [0, 0.1) is 28.6 Å². The fourth-order valence-electron chi connectivity index (χ4n) is 6.15. The van der Waals surface area contributed by atoms with Crippen molar-refractivity contribution >= 4 is 14.1 Å². The maximum absolute atomic E-state index is 12.6. The summed E-state index contributed by atoms with van der Waals surface area (Å²) in [5.74, 6) is 1.88. The van der Waals surface area contributed by atoms with E-state index in [2.05, 4.69) is 40.8 Å². The van der Waals surface area contributed by atoms with Gasteiger partial charge in [0.15, 0.2) is 8.32 Å². The molecule has 3 saturated carbocycles. The Kier molecular flexibility index (Phi) is 5.07. The van der Waals surface area contributed by atoms with Gasteiger partial charge in [-0.15, -0.1) is 0 Å². The van der Waals surface area contributed by atoms with Crippen LogP contribution >= 0.6 is 0 Å². The Balaban J connectivity index is 1.83. The highest BCUT2D eigenvalue weighted by molar-refractivity contribution is 6.74. The molecule has 0 aliphatic heterocycles. The minimum atomic E-state index is -1.78. The zero-order valence-electron chi connectivity index (χ0n) is 18.0. The number of carbonyl (C=O) groups excluding carboxylic acids is 1. The van der Waals surface area contributed by atoms with Crippen molar-refractivity contribution < 1.29 is 14.3 Å². The third kappa shape index (κ3) is 2.95. The highest BCUT2D eigenvalue weighted by Gasteiger charge is 2.60. The number of hydrogen-bond donors (Lipinski definition) is 1. The van der Waals surface area contributed by atoms with E-state index in [1.165, 1.54) is 12.8 Å². The highest BCUT2D eigenvalue weighted by atomic mass is 28.4.